The van der Waals surface area contributed by atoms with Gasteiger partial charge in [0.2, 0.25) is 0 Å². The standard InChI is InChI=1S/C35H62OSi/c1-11-37(12-2,13-3)36-34(8,9)22-14-16-27(5)32-20-21-33-30(17-15-23-35(32,33)10)18-19-31-25-26(4)24-28(6)29(31)7/h18-19,26-28,32-33H,7,11-17,20-25H2,1-6,8-10H3/b30-18+,31-19-/t26-,27+,28-,32+,33-,35+/m0/s1. The molecule has 0 unspecified atom stereocenters. The van der Waals surface area contributed by atoms with Gasteiger partial charge in [0, 0.05) is 0 Å². The van der Waals surface area contributed by atoms with Crippen LogP contribution in [0, 0.1) is 35.0 Å². The molecule has 0 aliphatic heterocycles. The van der Waals surface area contributed by atoms with Crippen molar-refractivity contribution in [3.63, 3.8) is 0 Å². The summed E-state index contributed by atoms with van der Waals surface area (Å²) in [6, 6.07) is 3.75. The number of fused-ring (bicyclic) bond motifs is 1. The second-order valence-electron chi connectivity index (χ2n) is 14.5. The minimum atomic E-state index is -1.55. The van der Waals surface area contributed by atoms with Crippen LogP contribution in [0.25, 0.3) is 0 Å². The lowest BCUT2D eigenvalue weighted by molar-refractivity contribution is 0.0704. The molecule has 0 N–H and O–H groups in total. The summed E-state index contributed by atoms with van der Waals surface area (Å²) in [6.45, 7) is 26.3. The smallest absolute Gasteiger partial charge is 0.192 e. The Morgan fingerprint density at radius 3 is 2.43 bits per heavy atom. The first kappa shape index (κ1) is 30.9. The first-order valence-electron chi connectivity index (χ1n) is 16.2. The highest BCUT2D eigenvalue weighted by Crippen LogP contribution is 2.60. The second kappa shape index (κ2) is 12.7. The highest BCUT2D eigenvalue weighted by Gasteiger charge is 2.50. The Morgan fingerprint density at radius 2 is 1.78 bits per heavy atom. The molecule has 3 aliphatic rings. The molecular formula is C35H62OSi. The molecule has 0 heterocycles. The maximum atomic E-state index is 6.92. The summed E-state index contributed by atoms with van der Waals surface area (Å²) < 4.78 is 6.92. The Balaban J connectivity index is 1.62. The van der Waals surface area contributed by atoms with Crippen LogP contribution in [0.15, 0.2) is 35.5 Å². The lowest BCUT2D eigenvalue weighted by Gasteiger charge is -2.44. The van der Waals surface area contributed by atoms with Gasteiger partial charge in [0.25, 0.3) is 0 Å². The van der Waals surface area contributed by atoms with Crippen LogP contribution < -0.4 is 0 Å². The molecule has 3 aliphatic carbocycles. The van der Waals surface area contributed by atoms with Gasteiger partial charge in [-0.1, -0.05) is 85.6 Å². The van der Waals surface area contributed by atoms with Crippen molar-refractivity contribution < 1.29 is 4.43 Å². The highest BCUT2D eigenvalue weighted by molar-refractivity contribution is 6.73. The van der Waals surface area contributed by atoms with E-state index in [1.807, 2.05) is 0 Å². The largest absolute Gasteiger partial charge is 0.412 e. The normalized spacial score (nSPS) is 34.2. The Bertz CT molecular complexity index is 822. The van der Waals surface area contributed by atoms with Gasteiger partial charge < -0.3 is 4.43 Å². The van der Waals surface area contributed by atoms with Gasteiger partial charge >= 0.3 is 0 Å². The minimum Gasteiger partial charge on any atom is -0.412 e. The van der Waals surface area contributed by atoms with Crippen LogP contribution >= 0.6 is 0 Å². The summed E-state index contributed by atoms with van der Waals surface area (Å²) in [4.78, 5) is 0. The monoisotopic (exact) mass is 526 g/mol. The van der Waals surface area contributed by atoms with E-state index in [1.165, 1.54) is 93.5 Å². The van der Waals surface area contributed by atoms with E-state index in [4.69, 9.17) is 4.43 Å². The Morgan fingerprint density at radius 1 is 1.11 bits per heavy atom. The maximum Gasteiger partial charge on any atom is 0.192 e. The van der Waals surface area contributed by atoms with Gasteiger partial charge in [-0.15, -0.1) is 0 Å². The van der Waals surface area contributed by atoms with Crippen LogP contribution in [0.4, 0.5) is 0 Å². The van der Waals surface area contributed by atoms with E-state index >= 15 is 0 Å². The lowest BCUT2D eigenvalue weighted by atomic mass is 9.60. The number of rotatable bonds is 11. The molecule has 0 amide bonds. The maximum absolute atomic E-state index is 6.92. The molecule has 0 spiro atoms. The molecule has 0 aromatic heterocycles. The zero-order chi connectivity index (χ0) is 27.4. The van der Waals surface area contributed by atoms with Gasteiger partial charge in [-0.25, -0.2) is 0 Å². The van der Waals surface area contributed by atoms with Crippen LogP contribution in [0.5, 0.6) is 0 Å². The second-order valence-corrected chi connectivity index (χ2v) is 19.2. The average Bonchev–Trinajstić information content (AvgIpc) is 3.21. The van der Waals surface area contributed by atoms with Crippen LogP contribution in [-0.2, 0) is 4.43 Å². The van der Waals surface area contributed by atoms with Gasteiger partial charge in [-0.3, -0.25) is 0 Å². The van der Waals surface area contributed by atoms with Crippen molar-refractivity contribution in [3.05, 3.63) is 35.5 Å². The zero-order valence-electron chi connectivity index (χ0n) is 26.3. The van der Waals surface area contributed by atoms with E-state index in [-0.39, 0.29) is 5.60 Å². The van der Waals surface area contributed by atoms with Gasteiger partial charge in [-0.2, -0.15) is 0 Å². The molecule has 6 atom stereocenters. The molecule has 212 valence electrons. The molecule has 3 saturated carbocycles. The molecule has 0 aromatic carbocycles. The summed E-state index contributed by atoms with van der Waals surface area (Å²) >= 11 is 0. The van der Waals surface area contributed by atoms with Crippen LogP contribution in [0.1, 0.15) is 127 Å². The molecule has 0 saturated heterocycles. The van der Waals surface area contributed by atoms with E-state index in [0.717, 1.165) is 23.7 Å². The van der Waals surface area contributed by atoms with E-state index < -0.39 is 8.32 Å². The number of hydrogen-bond donors (Lipinski definition) is 0. The molecule has 0 bridgehead atoms. The van der Waals surface area contributed by atoms with E-state index in [0.29, 0.717) is 11.3 Å². The minimum absolute atomic E-state index is 0.0302. The van der Waals surface area contributed by atoms with Gasteiger partial charge in [0.05, 0.1) is 5.60 Å². The van der Waals surface area contributed by atoms with Crippen molar-refractivity contribution >= 4 is 8.32 Å². The molecule has 0 radical (unpaired) electrons. The first-order valence-corrected chi connectivity index (χ1v) is 18.7. The predicted octanol–water partition coefficient (Wildman–Crippen LogP) is 11.3. The molecular weight excluding hydrogens is 464 g/mol. The summed E-state index contributed by atoms with van der Waals surface area (Å²) in [5.74, 6) is 3.91. The summed E-state index contributed by atoms with van der Waals surface area (Å²) in [7, 11) is -1.55. The quantitative estimate of drug-likeness (QED) is 0.243. The molecule has 3 fully saturated rings. The van der Waals surface area contributed by atoms with Gasteiger partial charge in [-0.05, 0) is 129 Å². The van der Waals surface area contributed by atoms with E-state index in [9.17, 15) is 0 Å². The van der Waals surface area contributed by atoms with Crippen LogP contribution in [0.2, 0.25) is 18.1 Å². The van der Waals surface area contributed by atoms with Crippen molar-refractivity contribution in [1.29, 1.82) is 0 Å². The Kier molecular flexibility index (Phi) is 10.6. The third-order valence-electron chi connectivity index (χ3n) is 11.4. The number of allylic oxidation sites excluding steroid dienone is 5. The van der Waals surface area contributed by atoms with E-state index in [2.05, 4.69) is 81.0 Å². The molecule has 3 rings (SSSR count). The van der Waals surface area contributed by atoms with Gasteiger partial charge in [0.15, 0.2) is 8.32 Å². The fourth-order valence-corrected chi connectivity index (χ4v) is 12.1. The third-order valence-corrected chi connectivity index (χ3v) is 16.3. The zero-order valence-corrected chi connectivity index (χ0v) is 27.3. The van der Waals surface area contributed by atoms with Crippen molar-refractivity contribution in [1.82, 2.24) is 0 Å². The molecule has 37 heavy (non-hydrogen) atoms. The van der Waals surface area contributed by atoms with Crippen LogP contribution in [0.3, 0.4) is 0 Å². The van der Waals surface area contributed by atoms with Crippen molar-refractivity contribution in [2.45, 2.75) is 150 Å². The molecule has 2 heteroatoms. The van der Waals surface area contributed by atoms with Gasteiger partial charge in [0.1, 0.15) is 0 Å². The fraction of sp³-hybridized carbons (Fsp3) is 0.829. The first-order chi connectivity index (χ1) is 17.4. The Hall–Kier alpha value is -0.603. The SMILES string of the molecule is C=C1/C(=C\C=C2/CCC[C@]3(C)[C@@H]([C@H](C)CCCC(C)(C)O[Si](CC)(CC)CC)CC[C@@H]23)C[C@@H](C)C[C@@H]1C. The summed E-state index contributed by atoms with van der Waals surface area (Å²) in [6.07, 6.45) is 18.4. The number of hydrogen-bond acceptors (Lipinski definition) is 1. The third kappa shape index (κ3) is 7.13. The summed E-state index contributed by atoms with van der Waals surface area (Å²) in [5, 5.41) is 0. The van der Waals surface area contributed by atoms with E-state index in [1.54, 1.807) is 5.57 Å². The van der Waals surface area contributed by atoms with Crippen molar-refractivity contribution in [3.8, 4) is 0 Å². The summed E-state index contributed by atoms with van der Waals surface area (Å²) in [5.41, 5.74) is 5.20. The average molecular weight is 527 g/mol. The lowest BCUT2D eigenvalue weighted by Crippen LogP contribution is -2.44. The predicted molar refractivity (Wildman–Crippen MR) is 166 cm³/mol. The van der Waals surface area contributed by atoms with Crippen LogP contribution in [-0.4, -0.2) is 13.9 Å². The fourth-order valence-electron chi connectivity index (χ4n) is 8.90. The topological polar surface area (TPSA) is 9.23 Å². The molecule has 0 aromatic rings. The molecule has 1 nitrogen and oxygen atoms in total. The Labute approximate surface area is 233 Å². The van der Waals surface area contributed by atoms with Crippen molar-refractivity contribution in [2.75, 3.05) is 0 Å². The highest BCUT2D eigenvalue weighted by atomic mass is 28.4. The van der Waals surface area contributed by atoms with Crippen molar-refractivity contribution in [2.24, 2.45) is 35.0 Å².